The molecule has 0 amide bonds. The Balaban J connectivity index is 2.24. The third-order valence-corrected chi connectivity index (χ3v) is 3.60. The SMILES string of the molecule is CC(O)c1ccc(-n2c(=O)n(C)c3ccccc32)cc1. The number of aliphatic hydroxyl groups excluding tert-OH is 1. The van der Waals surface area contributed by atoms with Crippen LogP contribution < -0.4 is 5.69 Å². The molecule has 0 saturated heterocycles. The molecule has 0 saturated carbocycles. The van der Waals surface area contributed by atoms with Crippen molar-refractivity contribution < 1.29 is 5.11 Å². The third kappa shape index (κ3) is 1.85. The number of fused-ring (bicyclic) bond motifs is 1. The Labute approximate surface area is 116 Å². The van der Waals surface area contributed by atoms with Crippen LogP contribution in [0, 0.1) is 0 Å². The summed E-state index contributed by atoms with van der Waals surface area (Å²) in [5.74, 6) is 0. The number of benzene rings is 2. The molecule has 4 heteroatoms. The minimum absolute atomic E-state index is 0.0732. The van der Waals surface area contributed by atoms with Gasteiger partial charge < -0.3 is 5.11 Å². The number of aromatic nitrogens is 2. The average Bonchev–Trinajstić information content (AvgIpc) is 2.72. The van der Waals surface area contributed by atoms with Crippen LogP contribution in [0.3, 0.4) is 0 Å². The van der Waals surface area contributed by atoms with Crippen molar-refractivity contribution in [1.29, 1.82) is 0 Å². The second kappa shape index (κ2) is 4.65. The lowest BCUT2D eigenvalue weighted by molar-refractivity contribution is 0.199. The zero-order valence-corrected chi connectivity index (χ0v) is 11.4. The molecule has 0 fully saturated rings. The molecule has 0 radical (unpaired) electrons. The van der Waals surface area contributed by atoms with Gasteiger partial charge in [0.2, 0.25) is 0 Å². The highest BCUT2D eigenvalue weighted by atomic mass is 16.3. The van der Waals surface area contributed by atoms with Gasteiger partial charge in [-0.1, -0.05) is 24.3 Å². The topological polar surface area (TPSA) is 47.2 Å². The van der Waals surface area contributed by atoms with Gasteiger partial charge in [-0.2, -0.15) is 0 Å². The molecular weight excluding hydrogens is 252 g/mol. The normalized spacial score (nSPS) is 12.8. The molecule has 3 rings (SSSR count). The molecule has 0 aliphatic rings. The number of imidazole rings is 1. The summed E-state index contributed by atoms with van der Waals surface area (Å²) >= 11 is 0. The molecule has 2 aromatic carbocycles. The van der Waals surface area contributed by atoms with E-state index in [1.165, 1.54) is 0 Å². The van der Waals surface area contributed by atoms with Crippen LogP contribution in [0.4, 0.5) is 0 Å². The molecule has 0 aliphatic heterocycles. The summed E-state index contributed by atoms with van der Waals surface area (Å²) in [5, 5.41) is 9.54. The van der Waals surface area contributed by atoms with E-state index in [0.717, 1.165) is 22.3 Å². The Hall–Kier alpha value is -2.33. The van der Waals surface area contributed by atoms with Crippen molar-refractivity contribution in [2.24, 2.45) is 7.05 Å². The van der Waals surface area contributed by atoms with E-state index in [4.69, 9.17) is 0 Å². The van der Waals surface area contributed by atoms with Gasteiger partial charge in [0, 0.05) is 7.05 Å². The van der Waals surface area contributed by atoms with Gasteiger partial charge in [0.05, 0.1) is 22.8 Å². The summed E-state index contributed by atoms with van der Waals surface area (Å²) < 4.78 is 3.32. The van der Waals surface area contributed by atoms with Crippen molar-refractivity contribution in [3.63, 3.8) is 0 Å². The van der Waals surface area contributed by atoms with Crippen molar-refractivity contribution in [1.82, 2.24) is 9.13 Å². The molecular formula is C16H16N2O2. The number of aliphatic hydroxyl groups is 1. The summed E-state index contributed by atoms with van der Waals surface area (Å²) in [5.41, 5.74) is 3.34. The molecule has 1 heterocycles. The second-order valence-corrected chi connectivity index (χ2v) is 4.93. The zero-order valence-electron chi connectivity index (χ0n) is 11.4. The van der Waals surface area contributed by atoms with Crippen LogP contribution in [0.15, 0.2) is 53.3 Å². The molecule has 102 valence electrons. The molecule has 1 unspecified atom stereocenters. The van der Waals surface area contributed by atoms with E-state index in [1.54, 1.807) is 23.1 Å². The fourth-order valence-electron chi connectivity index (χ4n) is 2.44. The molecule has 3 aromatic rings. The van der Waals surface area contributed by atoms with E-state index in [9.17, 15) is 9.90 Å². The Morgan fingerprint density at radius 1 is 1.00 bits per heavy atom. The Bertz CT molecular complexity index is 811. The Morgan fingerprint density at radius 2 is 1.60 bits per heavy atom. The number of hydrogen-bond acceptors (Lipinski definition) is 2. The van der Waals surface area contributed by atoms with Crippen molar-refractivity contribution in [3.05, 3.63) is 64.6 Å². The average molecular weight is 268 g/mol. The van der Waals surface area contributed by atoms with Crippen LogP contribution in [-0.2, 0) is 7.05 Å². The van der Waals surface area contributed by atoms with E-state index in [2.05, 4.69) is 0 Å². The van der Waals surface area contributed by atoms with Crippen LogP contribution in [0.1, 0.15) is 18.6 Å². The predicted molar refractivity (Wildman–Crippen MR) is 79.1 cm³/mol. The standard InChI is InChI=1S/C16H16N2O2/c1-11(19)12-7-9-13(10-8-12)18-15-6-4-3-5-14(15)17(2)16(18)20/h3-11,19H,1-2H3. The number of aryl methyl sites for hydroxylation is 1. The molecule has 1 aromatic heterocycles. The van der Waals surface area contributed by atoms with E-state index in [0.29, 0.717) is 0 Å². The first-order valence-electron chi connectivity index (χ1n) is 6.54. The van der Waals surface area contributed by atoms with Crippen LogP contribution in [0.2, 0.25) is 0 Å². The first-order valence-corrected chi connectivity index (χ1v) is 6.54. The molecule has 1 N–H and O–H groups in total. The number of nitrogens with zero attached hydrogens (tertiary/aromatic N) is 2. The fourth-order valence-corrected chi connectivity index (χ4v) is 2.44. The van der Waals surface area contributed by atoms with Gasteiger partial charge in [-0.25, -0.2) is 4.79 Å². The van der Waals surface area contributed by atoms with Gasteiger partial charge in [-0.05, 0) is 36.8 Å². The van der Waals surface area contributed by atoms with E-state index >= 15 is 0 Å². The number of hydrogen-bond donors (Lipinski definition) is 1. The van der Waals surface area contributed by atoms with Gasteiger partial charge in [-0.15, -0.1) is 0 Å². The van der Waals surface area contributed by atoms with Crippen LogP contribution >= 0.6 is 0 Å². The van der Waals surface area contributed by atoms with Gasteiger partial charge >= 0.3 is 5.69 Å². The summed E-state index contributed by atoms with van der Waals surface area (Å²) in [4.78, 5) is 12.4. The minimum Gasteiger partial charge on any atom is -0.389 e. The molecule has 4 nitrogen and oxygen atoms in total. The van der Waals surface area contributed by atoms with Gasteiger partial charge in [0.1, 0.15) is 0 Å². The van der Waals surface area contributed by atoms with Crippen molar-refractivity contribution in [2.75, 3.05) is 0 Å². The van der Waals surface area contributed by atoms with Crippen LogP contribution in [-0.4, -0.2) is 14.2 Å². The quantitative estimate of drug-likeness (QED) is 0.775. The van der Waals surface area contributed by atoms with E-state index in [1.807, 2.05) is 48.5 Å². The predicted octanol–water partition coefficient (Wildman–Crippen LogP) is 2.38. The van der Waals surface area contributed by atoms with Crippen molar-refractivity contribution in [3.8, 4) is 5.69 Å². The second-order valence-electron chi connectivity index (χ2n) is 4.93. The Morgan fingerprint density at radius 3 is 2.20 bits per heavy atom. The maximum absolute atomic E-state index is 12.4. The number of rotatable bonds is 2. The van der Waals surface area contributed by atoms with Crippen LogP contribution in [0.25, 0.3) is 16.7 Å². The smallest absolute Gasteiger partial charge is 0.333 e. The number of para-hydroxylation sites is 2. The largest absolute Gasteiger partial charge is 0.389 e. The monoisotopic (exact) mass is 268 g/mol. The molecule has 1 atom stereocenters. The summed E-state index contributed by atoms with van der Waals surface area (Å²) in [7, 11) is 1.77. The molecule has 20 heavy (non-hydrogen) atoms. The lowest BCUT2D eigenvalue weighted by Crippen LogP contribution is -2.20. The third-order valence-electron chi connectivity index (χ3n) is 3.60. The van der Waals surface area contributed by atoms with Crippen molar-refractivity contribution >= 4 is 11.0 Å². The van der Waals surface area contributed by atoms with Crippen LogP contribution in [0.5, 0.6) is 0 Å². The first-order chi connectivity index (χ1) is 9.59. The van der Waals surface area contributed by atoms with Crippen molar-refractivity contribution in [2.45, 2.75) is 13.0 Å². The maximum Gasteiger partial charge on any atom is 0.333 e. The van der Waals surface area contributed by atoms with Gasteiger partial charge in [0.15, 0.2) is 0 Å². The summed E-state index contributed by atoms with van der Waals surface area (Å²) in [6, 6.07) is 15.1. The lowest BCUT2D eigenvalue weighted by Gasteiger charge is -2.07. The van der Waals surface area contributed by atoms with Gasteiger partial charge in [0.25, 0.3) is 0 Å². The molecule has 0 spiro atoms. The fraction of sp³-hybridized carbons (Fsp3) is 0.188. The first kappa shape index (κ1) is 12.7. The highest BCUT2D eigenvalue weighted by molar-refractivity contribution is 5.78. The molecule has 0 bridgehead atoms. The van der Waals surface area contributed by atoms with E-state index in [-0.39, 0.29) is 5.69 Å². The maximum atomic E-state index is 12.4. The summed E-state index contributed by atoms with van der Waals surface area (Å²) in [6.45, 7) is 1.72. The minimum atomic E-state index is -0.506. The summed E-state index contributed by atoms with van der Waals surface area (Å²) in [6.07, 6.45) is -0.506. The van der Waals surface area contributed by atoms with E-state index < -0.39 is 6.10 Å². The Kier molecular flexibility index (Phi) is 2.95. The highest BCUT2D eigenvalue weighted by Gasteiger charge is 2.11. The van der Waals surface area contributed by atoms with Gasteiger partial charge in [-0.3, -0.25) is 9.13 Å². The molecule has 0 aliphatic carbocycles. The lowest BCUT2D eigenvalue weighted by atomic mass is 10.1. The zero-order chi connectivity index (χ0) is 14.3. The highest BCUT2D eigenvalue weighted by Crippen LogP contribution is 2.19.